The molecule has 6 heteroatoms. The lowest BCUT2D eigenvalue weighted by atomic mass is 10.1. The molecule has 1 unspecified atom stereocenters. The van der Waals surface area contributed by atoms with Gasteiger partial charge in [-0.15, -0.1) is 0 Å². The molecule has 1 aliphatic heterocycles. The number of nitrogen functional groups attached to an aromatic ring is 1. The summed E-state index contributed by atoms with van der Waals surface area (Å²) in [5.41, 5.74) is 6.03. The Bertz CT molecular complexity index is 480. The Hall–Kier alpha value is -1.66. The van der Waals surface area contributed by atoms with Crippen molar-refractivity contribution in [1.82, 2.24) is 14.8 Å². The summed E-state index contributed by atoms with van der Waals surface area (Å²) in [6.45, 7) is 4.56. The van der Waals surface area contributed by atoms with E-state index in [2.05, 4.69) is 9.88 Å². The first-order valence-corrected chi connectivity index (χ1v) is 7.29. The quantitative estimate of drug-likeness (QED) is 0.836. The average Bonchev–Trinajstić information content (AvgIpc) is 2.91. The number of nitrogens with zero attached hydrogens (tertiary/aromatic N) is 3. The maximum atomic E-state index is 12.3. The molecule has 1 aromatic rings. The molecule has 0 bridgehead atoms. The Kier molecular flexibility index (Phi) is 5.52. The maximum Gasteiger partial charge on any atom is 0.272 e. The summed E-state index contributed by atoms with van der Waals surface area (Å²) >= 11 is 0. The number of carbonyl (C=O) groups is 1. The molecule has 2 heterocycles. The second kappa shape index (κ2) is 7.38. The van der Waals surface area contributed by atoms with Crippen molar-refractivity contribution in [3.8, 4) is 0 Å². The van der Waals surface area contributed by atoms with Gasteiger partial charge in [0, 0.05) is 33.8 Å². The third-order valence-electron chi connectivity index (χ3n) is 3.85. The molecule has 0 spiro atoms. The van der Waals surface area contributed by atoms with Gasteiger partial charge in [0.1, 0.15) is 11.5 Å². The van der Waals surface area contributed by atoms with E-state index in [9.17, 15) is 4.79 Å². The normalized spacial score (nSPS) is 18.9. The Morgan fingerprint density at radius 2 is 2.38 bits per heavy atom. The molecule has 116 valence electrons. The molecule has 0 aliphatic carbocycles. The van der Waals surface area contributed by atoms with E-state index >= 15 is 0 Å². The van der Waals surface area contributed by atoms with Crippen LogP contribution in [0.25, 0.3) is 0 Å². The van der Waals surface area contributed by atoms with Crippen molar-refractivity contribution in [3.05, 3.63) is 23.9 Å². The molecule has 1 aromatic heterocycles. The number of aromatic nitrogens is 1. The van der Waals surface area contributed by atoms with Gasteiger partial charge in [-0.25, -0.2) is 4.98 Å². The number of methoxy groups -OCH3 is 1. The van der Waals surface area contributed by atoms with Crippen LogP contribution < -0.4 is 5.73 Å². The minimum Gasteiger partial charge on any atom is -0.384 e. The molecule has 2 rings (SSSR count). The molecular weight excluding hydrogens is 268 g/mol. The second-order valence-corrected chi connectivity index (χ2v) is 5.58. The molecular formula is C15H24N4O2. The fourth-order valence-electron chi connectivity index (χ4n) is 2.72. The highest BCUT2D eigenvalue weighted by Gasteiger charge is 2.25. The third kappa shape index (κ3) is 4.41. The zero-order chi connectivity index (χ0) is 15.2. The molecule has 2 N–H and O–H groups in total. The van der Waals surface area contributed by atoms with Gasteiger partial charge in [-0.1, -0.05) is 6.07 Å². The first-order valence-electron chi connectivity index (χ1n) is 7.29. The van der Waals surface area contributed by atoms with Gasteiger partial charge in [0.2, 0.25) is 0 Å². The van der Waals surface area contributed by atoms with Crippen molar-refractivity contribution in [3.63, 3.8) is 0 Å². The number of hydrogen-bond acceptors (Lipinski definition) is 5. The predicted molar refractivity (Wildman–Crippen MR) is 82.0 cm³/mol. The van der Waals surface area contributed by atoms with Crippen molar-refractivity contribution in [2.24, 2.45) is 5.92 Å². The summed E-state index contributed by atoms with van der Waals surface area (Å²) in [5.74, 6) is 0.815. The zero-order valence-electron chi connectivity index (χ0n) is 12.8. The first-order chi connectivity index (χ1) is 10.1. The first kappa shape index (κ1) is 15.7. The SMILES string of the molecule is COCCN1CCC(CN(C)C(=O)c2cccc(N)n2)C1. The third-order valence-corrected chi connectivity index (χ3v) is 3.85. The van der Waals surface area contributed by atoms with Gasteiger partial charge >= 0.3 is 0 Å². The van der Waals surface area contributed by atoms with Crippen LogP contribution in [-0.2, 0) is 4.74 Å². The molecule has 1 aliphatic rings. The molecule has 21 heavy (non-hydrogen) atoms. The number of nitrogens with two attached hydrogens (primary N) is 1. The number of likely N-dealkylation sites (tertiary alicyclic amines) is 1. The van der Waals surface area contributed by atoms with Crippen LogP contribution in [-0.4, -0.2) is 67.6 Å². The number of hydrogen-bond donors (Lipinski definition) is 1. The lowest BCUT2D eigenvalue weighted by Gasteiger charge is -2.21. The lowest BCUT2D eigenvalue weighted by Crippen LogP contribution is -2.34. The fraction of sp³-hybridized carbons (Fsp3) is 0.600. The average molecular weight is 292 g/mol. The molecule has 0 aromatic carbocycles. The van der Waals surface area contributed by atoms with E-state index in [1.165, 1.54) is 0 Å². The number of ether oxygens (including phenoxy) is 1. The molecule has 6 nitrogen and oxygen atoms in total. The smallest absolute Gasteiger partial charge is 0.272 e. The molecule has 1 amide bonds. The van der Waals surface area contributed by atoms with E-state index in [1.807, 2.05) is 7.05 Å². The number of rotatable bonds is 6. The summed E-state index contributed by atoms with van der Waals surface area (Å²) in [5, 5.41) is 0. The summed E-state index contributed by atoms with van der Waals surface area (Å²) in [7, 11) is 3.55. The standard InChI is InChI=1S/C15H24N4O2/c1-18(15(20)13-4-3-5-14(16)17-13)10-12-6-7-19(11-12)8-9-21-2/h3-5,12H,6-11H2,1-2H3,(H2,16,17). The monoisotopic (exact) mass is 292 g/mol. The Morgan fingerprint density at radius 3 is 3.10 bits per heavy atom. The van der Waals surface area contributed by atoms with Gasteiger partial charge < -0.3 is 20.3 Å². The number of pyridine rings is 1. The largest absolute Gasteiger partial charge is 0.384 e. The fourth-order valence-corrected chi connectivity index (χ4v) is 2.72. The Labute approximate surface area is 125 Å². The van der Waals surface area contributed by atoms with Crippen LogP contribution in [0.15, 0.2) is 18.2 Å². The summed E-state index contributed by atoms with van der Waals surface area (Å²) in [6, 6.07) is 5.14. The van der Waals surface area contributed by atoms with Crippen molar-refractivity contribution in [2.75, 3.05) is 52.7 Å². The van der Waals surface area contributed by atoms with E-state index in [1.54, 1.807) is 30.2 Å². The van der Waals surface area contributed by atoms with Gasteiger partial charge in [0.25, 0.3) is 5.91 Å². The Morgan fingerprint density at radius 1 is 1.57 bits per heavy atom. The van der Waals surface area contributed by atoms with E-state index in [4.69, 9.17) is 10.5 Å². The second-order valence-electron chi connectivity index (χ2n) is 5.58. The summed E-state index contributed by atoms with van der Waals surface area (Å²) in [6.07, 6.45) is 1.12. The van der Waals surface area contributed by atoms with Gasteiger partial charge in [0.05, 0.1) is 6.61 Å². The summed E-state index contributed by atoms with van der Waals surface area (Å²) < 4.78 is 5.10. The van der Waals surface area contributed by atoms with Crippen LogP contribution in [0.4, 0.5) is 5.82 Å². The highest BCUT2D eigenvalue weighted by atomic mass is 16.5. The lowest BCUT2D eigenvalue weighted by molar-refractivity contribution is 0.0766. The maximum absolute atomic E-state index is 12.3. The van der Waals surface area contributed by atoms with Gasteiger partial charge in [0.15, 0.2) is 0 Å². The highest BCUT2D eigenvalue weighted by Crippen LogP contribution is 2.17. The van der Waals surface area contributed by atoms with Crippen molar-refractivity contribution in [1.29, 1.82) is 0 Å². The predicted octanol–water partition coefficient (Wildman–Crippen LogP) is 0.704. The van der Waals surface area contributed by atoms with Crippen LogP contribution in [0.3, 0.4) is 0 Å². The van der Waals surface area contributed by atoms with Crippen molar-refractivity contribution < 1.29 is 9.53 Å². The summed E-state index contributed by atoms with van der Waals surface area (Å²) in [4.78, 5) is 20.5. The van der Waals surface area contributed by atoms with E-state index in [0.717, 1.165) is 39.2 Å². The van der Waals surface area contributed by atoms with E-state index < -0.39 is 0 Å². The van der Waals surface area contributed by atoms with Crippen molar-refractivity contribution >= 4 is 11.7 Å². The Balaban J connectivity index is 1.84. The van der Waals surface area contributed by atoms with Crippen molar-refractivity contribution in [2.45, 2.75) is 6.42 Å². The molecule has 1 saturated heterocycles. The molecule has 0 radical (unpaired) electrons. The topological polar surface area (TPSA) is 71.7 Å². The van der Waals surface area contributed by atoms with E-state index in [-0.39, 0.29) is 5.91 Å². The molecule has 1 fully saturated rings. The number of amides is 1. The number of carbonyl (C=O) groups excluding carboxylic acids is 1. The van der Waals surface area contributed by atoms with Crippen LogP contribution in [0.2, 0.25) is 0 Å². The highest BCUT2D eigenvalue weighted by molar-refractivity contribution is 5.92. The van der Waals surface area contributed by atoms with Gasteiger partial charge in [-0.2, -0.15) is 0 Å². The van der Waals surface area contributed by atoms with Gasteiger partial charge in [-0.05, 0) is 31.0 Å². The van der Waals surface area contributed by atoms with Crippen LogP contribution in [0, 0.1) is 5.92 Å². The zero-order valence-corrected chi connectivity index (χ0v) is 12.8. The minimum absolute atomic E-state index is 0.0716. The minimum atomic E-state index is -0.0716. The van der Waals surface area contributed by atoms with Gasteiger partial charge in [-0.3, -0.25) is 4.79 Å². The van der Waals surface area contributed by atoms with Crippen LogP contribution >= 0.6 is 0 Å². The van der Waals surface area contributed by atoms with Crippen LogP contribution in [0.1, 0.15) is 16.9 Å². The number of anilines is 1. The molecule has 0 saturated carbocycles. The van der Waals surface area contributed by atoms with E-state index in [0.29, 0.717) is 17.4 Å². The van der Waals surface area contributed by atoms with Crippen LogP contribution in [0.5, 0.6) is 0 Å². The molecule has 1 atom stereocenters.